The molecule has 0 aromatic carbocycles. The summed E-state index contributed by atoms with van der Waals surface area (Å²) in [6.07, 6.45) is 15.8. The predicted molar refractivity (Wildman–Crippen MR) is 133 cm³/mol. The summed E-state index contributed by atoms with van der Waals surface area (Å²) < 4.78 is 0. The van der Waals surface area contributed by atoms with Crippen molar-refractivity contribution in [3.05, 3.63) is 11.6 Å². The molecule has 3 fully saturated rings. The van der Waals surface area contributed by atoms with E-state index in [4.69, 9.17) is 0 Å². The second-order valence-electron chi connectivity index (χ2n) is 14.1. The van der Waals surface area contributed by atoms with Crippen LogP contribution in [0.1, 0.15) is 120 Å². The van der Waals surface area contributed by atoms with Crippen LogP contribution in [0.2, 0.25) is 0 Å². The lowest BCUT2D eigenvalue weighted by Gasteiger charge is -2.68. The van der Waals surface area contributed by atoms with Gasteiger partial charge in [0.25, 0.3) is 0 Å². The van der Waals surface area contributed by atoms with E-state index in [0.717, 1.165) is 30.1 Å². The molecule has 0 radical (unpaired) electrons. The average molecular weight is 429 g/mol. The molecule has 4 rings (SSSR count). The molecule has 3 saturated carbocycles. The molecule has 0 spiro atoms. The number of allylic oxidation sites excluding steroid dienone is 2. The van der Waals surface area contributed by atoms with Gasteiger partial charge in [-0.1, -0.05) is 79.9 Å². The first kappa shape index (κ1) is 23.8. The maximum Gasteiger partial charge on any atom is 0.0594 e. The fourth-order valence-electron chi connectivity index (χ4n) is 9.69. The number of fused-ring (bicyclic) bond motifs is 5. The third-order valence-corrected chi connectivity index (χ3v) is 12.0. The summed E-state index contributed by atoms with van der Waals surface area (Å²) in [6.45, 7) is 20.0. The first-order valence-corrected chi connectivity index (χ1v) is 13.8. The van der Waals surface area contributed by atoms with Crippen LogP contribution in [0.25, 0.3) is 0 Å². The molecule has 0 amide bonds. The van der Waals surface area contributed by atoms with Crippen LogP contribution < -0.4 is 0 Å². The number of aliphatic hydroxyl groups is 1. The van der Waals surface area contributed by atoms with Crippen molar-refractivity contribution in [2.75, 3.05) is 0 Å². The molecule has 8 unspecified atom stereocenters. The van der Waals surface area contributed by atoms with E-state index in [1.165, 1.54) is 57.8 Å². The van der Waals surface area contributed by atoms with Gasteiger partial charge in [0.15, 0.2) is 0 Å². The van der Waals surface area contributed by atoms with Gasteiger partial charge in [0.2, 0.25) is 0 Å². The van der Waals surface area contributed by atoms with Gasteiger partial charge in [0.1, 0.15) is 0 Å². The lowest BCUT2D eigenvalue weighted by atomic mass is 9.37. The summed E-state index contributed by atoms with van der Waals surface area (Å²) in [4.78, 5) is 0. The highest BCUT2D eigenvalue weighted by Gasteiger charge is 2.64. The minimum Gasteiger partial charge on any atom is -0.393 e. The van der Waals surface area contributed by atoms with Crippen molar-refractivity contribution in [3.8, 4) is 0 Å². The monoisotopic (exact) mass is 428 g/mol. The average Bonchev–Trinajstić information content (AvgIpc) is 2.69. The van der Waals surface area contributed by atoms with Gasteiger partial charge in [-0.2, -0.15) is 0 Å². The van der Waals surface area contributed by atoms with Gasteiger partial charge in [-0.15, -0.1) is 0 Å². The van der Waals surface area contributed by atoms with Crippen LogP contribution in [-0.2, 0) is 0 Å². The van der Waals surface area contributed by atoms with Crippen molar-refractivity contribution in [2.45, 2.75) is 126 Å². The summed E-state index contributed by atoms with van der Waals surface area (Å²) in [6, 6.07) is 0. The molecule has 0 bridgehead atoms. The summed E-state index contributed by atoms with van der Waals surface area (Å²) in [5.74, 6) is 3.96. The molecular formula is C30H52O. The van der Waals surface area contributed by atoms with Crippen LogP contribution in [0.4, 0.5) is 0 Å². The summed E-state index contributed by atoms with van der Waals surface area (Å²) in [5, 5.41) is 10.8. The Bertz CT molecular complexity index is 703. The van der Waals surface area contributed by atoms with E-state index >= 15 is 0 Å². The molecule has 1 N–H and O–H groups in total. The molecule has 4 aliphatic rings. The Kier molecular flexibility index (Phi) is 6.07. The van der Waals surface area contributed by atoms with Crippen LogP contribution in [-0.4, -0.2) is 11.2 Å². The molecule has 178 valence electrons. The molecule has 0 heterocycles. The Morgan fingerprint density at radius 3 is 2.35 bits per heavy atom. The number of rotatable bonds is 4. The second kappa shape index (κ2) is 7.89. The van der Waals surface area contributed by atoms with Gasteiger partial charge in [0.05, 0.1) is 6.10 Å². The quantitative estimate of drug-likeness (QED) is 0.445. The minimum atomic E-state index is -0.131. The van der Waals surface area contributed by atoms with Gasteiger partial charge in [0, 0.05) is 0 Å². The minimum absolute atomic E-state index is 0.0426. The van der Waals surface area contributed by atoms with E-state index in [2.05, 4.69) is 61.5 Å². The third-order valence-electron chi connectivity index (χ3n) is 12.0. The highest BCUT2D eigenvalue weighted by atomic mass is 16.3. The van der Waals surface area contributed by atoms with Crippen molar-refractivity contribution in [3.63, 3.8) is 0 Å². The SMILES string of the molecule is CC(C)CCCC1C(C)CCC2(C)C3CCC4C(C)(CCC(O)C4(C)C)C3=CCC12C. The van der Waals surface area contributed by atoms with E-state index in [9.17, 15) is 5.11 Å². The zero-order chi connectivity index (χ0) is 22.8. The zero-order valence-electron chi connectivity index (χ0n) is 22.1. The van der Waals surface area contributed by atoms with Gasteiger partial charge in [-0.05, 0) is 103 Å². The lowest BCUT2D eigenvalue weighted by Crippen LogP contribution is -2.60. The molecule has 0 aliphatic heterocycles. The van der Waals surface area contributed by atoms with Gasteiger partial charge in [-0.25, -0.2) is 0 Å². The third kappa shape index (κ3) is 3.41. The van der Waals surface area contributed by atoms with Crippen LogP contribution in [0, 0.1) is 51.2 Å². The number of aliphatic hydroxyl groups excluding tert-OH is 1. The van der Waals surface area contributed by atoms with E-state index < -0.39 is 0 Å². The molecule has 0 aromatic heterocycles. The normalized spacial score (nSPS) is 49.1. The highest BCUT2D eigenvalue weighted by molar-refractivity contribution is 5.32. The Morgan fingerprint density at radius 1 is 0.968 bits per heavy atom. The maximum atomic E-state index is 10.8. The largest absolute Gasteiger partial charge is 0.393 e. The van der Waals surface area contributed by atoms with Crippen molar-refractivity contribution in [1.29, 1.82) is 0 Å². The van der Waals surface area contributed by atoms with E-state index in [1.807, 2.05) is 5.57 Å². The standard InChI is InChI=1S/C30H52O/c1-20(2)10-9-11-22-21(3)14-18-30(8)24-12-13-25-27(4,5)26(31)16-17-28(25,6)23(24)15-19-29(22,30)7/h15,20-22,24-26,31H,9-14,16-19H2,1-8H3. The molecule has 31 heavy (non-hydrogen) atoms. The molecule has 4 aliphatic carbocycles. The molecule has 8 atom stereocenters. The number of hydrogen-bond acceptors (Lipinski definition) is 1. The molecule has 0 saturated heterocycles. The topological polar surface area (TPSA) is 20.2 Å². The first-order chi connectivity index (χ1) is 14.4. The van der Waals surface area contributed by atoms with E-state index in [1.54, 1.807) is 0 Å². The Morgan fingerprint density at radius 2 is 1.68 bits per heavy atom. The van der Waals surface area contributed by atoms with Crippen LogP contribution in [0.15, 0.2) is 11.6 Å². The molecule has 1 nitrogen and oxygen atoms in total. The Labute approximate surface area is 193 Å². The van der Waals surface area contributed by atoms with Crippen LogP contribution in [0.5, 0.6) is 0 Å². The first-order valence-electron chi connectivity index (χ1n) is 13.8. The Hall–Kier alpha value is -0.300. The fourth-order valence-corrected chi connectivity index (χ4v) is 9.69. The van der Waals surface area contributed by atoms with Crippen molar-refractivity contribution in [2.24, 2.45) is 51.2 Å². The fraction of sp³-hybridized carbons (Fsp3) is 0.933. The van der Waals surface area contributed by atoms with E-state index in [0.29, 0.717) is 22.2 Å². The number of hydrogen-bond donors (Lipinski definition) is 1. The summed E-state index contributed by atoms with van der Waals surface area (Å²) >= 11 is 0. The van der Waals surface area contributed by atoms with Gasteiger partial charge in [-0.3, -0.25) is 0 Å². The van der Waals surface area contributed by atoms with Gasteiger partial charge < -0.3 is 5.11 Å². The molecule has 0 aromatic rings. The van der Waals surface area contributed by atoms with E-state index in [-0.39, 0.29) is 11.5 Å². The predicted octanol–water partition coefficient (Wildman–Crippen LogP) is 8.41. The van der Waals surface area contributed by atoms with Crippen molar-refractivity contribution in [1.82, 2.24) is 0 Å². The lowest BCUT2D eigenvalue weighted by molar-refractivity contribution is -0.147. The molecular weight excluding hydrogens is 376 g/mol. The Balaban J connectivity index is 1.68. The smallest absolute Gasteiger partial charge is 0.0594 e. The van der Waals surface area contributed by atoms with Gasteiger partial charge >= 0.3 is 0 Å². The summed E-state index contributed by atoms with van der Waals surface area (Å²) in [7, 11) is 0. The maximum absolute atomic E-state index is 10.8. The van der Waals surface area contributed by atoms with Crippen molar-refractivity contribution < 1.29 is 5.11 Å². The highest BCUT2D eigenvalue weighted by Crippen LogP contribution is 2.72. The zero-order valence-corrected chi connectivity index (χ0v) is 22.1. The van der Waals surface area contributed by atoms with Crippen LogP contribution in [0.3, 0.4) is 0 Å². The summed E-state index contributed by atoms with van der Waals surface area (Å²) in [5.41, 5.74) is 3.05. The molecule has 1 heteroatoms. The van der Waals surface area contributed by atoms with Crippen LogP contribution >= 0.6 is 0 Å². The van der Waals surface area contributed by atoms with Crippen molar-refractivity contribution >= 4 is 0 Å². The second-order valence-corrected chi connectivity index (χ2v) is 14.1.